The molecule has 0 radical (unpaired) electrons. The number of nitrogens with zero attached hydrogens (tertiary/aromatic N) is 2. The number of nitrogens with two attached hydrogens (primary N) is 1. The smallest absolute Gasteiger partial charge is 0.408 e. The summed E-state index contributed by atoms with van der Waals surface area (Å²) in [5.41, 5.74) is 8.45. The molecule has 7 N–H and O–H groups in total. The molecule has 2 aromatic carbocycles. The molecule has 0 bridgehead atoms. The van der Waals surface area contributed by atoms with Gasteiger partial charge in [0.1, 0.15) is 24.7 Å². The van der Waals surface area contributed by atoms with E-state index in [0.29, 0.717) is 5.56 Å². The van der Waals surface area contributed by atoms with Gasteiger partial charge in [0.15, 0.2) is 5.03 Å². The zero-order valence-corrected chi connectivity index (χ0v) is 22.3. The lowest BCUT2D eigenvalue weighted by molar-refractivity contribution is -0.525. The molecule has 0 unspecified atom stereocenters. The number of aliphatic imine (C=N–C) groups is 1. The molecule has 15 nitrogen and oxygen atoms in total. The monoisotopic (exact) mass is 571 g/mol. The molecule has 0 aromatic heterocycles. The number of carboxylic acid groups (broad SMARTS) is 1. The van der Waals surface area contributed by atoms with Crippen LogP contribution in [0.3, 0.4) is 0 Å². The lowest BCUT2D eigenvalue weighted by atomic mass is 10.0. The van der Waals surface area contributed by atoms with Crippen LogP contribution in [0.4, 0.5) is 4.79 Å². The van der Waals surface area contributed by atoms with Crippen molar-refractivity contribution in [1.29, 1.82) is 0 Å². The van der Waals surface area contributed by atoms with Gasteiger partial charge < -0.3 is 31.5 Å². The summed E-state index contributed by atoms with van der Waals surface area (Å²) in [7, 11) is 0. The van der Waals surface area contributed by atoms with Gasteiger partial charge in [-0.25, -0.2) is 24.7 Å². The summed E-state index contributed by atoms with van der Waals surface area (Å²) in [5, 5.41) is 26.5. The molecule has 2 aromatic rings. The number of aliphatic carboxylic acids is 1. The summed E-state index contributed by atoms with van der Waals surface area (Å²) in [6.07, 6.45) is -0.709. The van der Waals surface area contributed by atoms with Crippen LogP contribution in [0.15, 0.2) is 65.7 Å². The molecule has 3 amide bonds. The van der Waals surface area contributed by atoms with Crippen LogP contribution in [0.2, 0.25) is 0 Å². The zero-order chi connectivity index (χ0) is 30.2. The predicted octanol–water partition coefficient (Wildman–Crippen LogP) is 0.474. The van der Waals surface area contributed by atoms with Crippen molar-refractivity contribution in [2.24, 2.45) is 10.7 Å². The third-order valence-electron chi connectivity index (χ3n) is 5.61. The highest BCUT2D eigenvalue weighted by Crippen LogP contribution is 2.07. The van der Waals surface area contributed by atoms with Crippen LogP contribution in [0.1, 0.15) is 30.9 Å². The molecule has 41 heavy (non-hydrogen) atoms. The Hall–Kier alpha value is -5.21. The SMILES string of the molecule is C[C@@H](NC(=O)OCc1ccccc1)C(=O)N[C@@H](Cc1ccccc1)C(=O)N[C@@H](CCCN=C(N)N[N+](=O)[O-])C(=O)O. The van der Waals surface area contributed by atoms with Gasteiger partial charge in [-0.15, -0.1) is 0 Å². The van der Waals surface area contributed by atoms with Crippen LogP contribution >= 0.6 is 0 Å². The highest BCUT2D eigenvalue weighted by Gasteiger charge is 2.28. The number of nitro groups is 1. The van der Waals surface area contributed by atoms with E-state index in [1.807, 2.05) is 6.07 Å². The maximum absolute atomic E-state index is 13.1. The topological polar surface area (TPSA) is 227 Å². The summed E-state index contributed by atoms with van der Waals surface area (Å²) in [5.74, 6) is -3.21. The minimum atomic E-state index is -1.33. The molecule has 2 rings (SSSR count). The van der Waals surface area contributed by atoms with Crippen molar-refractivity contribution in [3.05, 3.63) is 81.9 Å². The van der Waals surface area contributed by atoms with Crippen LogP contribution in [0, 0.1) is 10.1 Å². The second kappa shape index (κ2) is 16.7. The molecule has 0 fully saturated rings. The van der Waals surface area contributed by atoms with E-state index in [4.69, 9.17) is 10.5 Å². The molecule has 220 valence electrons. The van der Waals surface area contributed by atoms with Crippen LogP contribution < -0.4 is 27.1 Å². The van der Waals surface area contributed by atoms with Crippen LogP contribution in [0.25, 0.3) is 0 Å². The summed E-state index contributed by atoms with van der Waals surface area (Å²) in [6.45, 7) is 1.39. The highest BCUT2D eigenvalue weighted by molar-refractivity contribution is 5.92. The first-order valence-electron chi connectivity index (χ1n) is 12.6. The molecular weight excluding hydrogens is 538 g/mol. The number of carbonyl (C=O) groups excluding carboxylic acids is 3. The average Bonchev–Trinajstić information content (AvgIpc) is 2.93. The van der Waals surface area contributed by atoms with E-state index in [-0.39, 0.29) is 32.4 Å². The second-order valence-corrected chi connectivity index (χ2v) is 8.86. The van der Waals surface area contributed by atoms with Crippen molar-refractivity contribution in [1.82, 2.24) is 21.4 Å². The van der Waals surface area contributed by atoms with Gasteiger partial charge >= 0.3 is 12.1 Å². The number of hydrazine groups is 1. The number of hydrogen-bond donors (Lipinski definition) is 6. The van der Waals surface area contributed by atoms with Crippen molar-refractivity contribution in [3.8, 4) is 0 Å². The summed E-state index contributed by atoms with van der Waals surface area (Å²) in [6, 6.07) is 14.1. The van der Waals surface area contributed by atoms with Gasteiger partial charge in [0.25, 0.3) is 5.96 Å². The van der Waals surface area contributed by atoms with E-state index in [0.717, 1.165) is 5.56 Å². The van der Waals surface area contributed by atoms with Gasteiger partial charge in [0.05, 0.1) is 0 Å². The third-order valence-corrected chi connectivity index (χ3v) is 5.61. The van der Waals surface area contributed by atoms with Gasteiger partial charge in [0, 0.05) is 13.0 Å². The molecule has 0 saturated heterocycles. The van der Waals surface area contributed by atoms with Crippen molar-refractivity contribution in [2.75, 3.05) is 6.54 Å². The van der Waals surface area contributed by atoms with E-state index in [1.165, 1.54) is 6.92 Å². The minimum absolute atomic E-state index is 0.000767. The normalized spacial score (nSPS) is 13.1. The van der Waals surface area contributed by atoms with E-state index < -0.39 is 53.0 Å². The van der Waals surface area contributed by atoms with E-state index in [2.05, 4.69) is 20.9 Å². The van der Waals surface area contributed by atoms with Gasteiger partial charge in [-0.1, -0.05) is 66.1 Å². The third kappa shape index (κ3) is 12.5. The maximum atomic E-state index is 13.1. The molecule has 0 spiro atoms. The predicted molar refractivity (Wildman–Crippen MR) is 147 cm³/mol. The van der Waals surface area contributed by atoms with Gasteiger partial charge in [-0.05, 0) is 30.9 Å². The van der Waals surface area contributed by atoms with Crippen LogP contribution in [-0.2, 0) is 32.1 Å². The standard InChI is InChI=1S/C26H33N7O8/c1-17(29-26(38)41-16-19-11-6-3-7-12-19)22(34)31-21(15-18-9-4-2-5-10-18)23(35)30-20(24(36)37)13-8-14-28-25(27)32-33(39)40/h2-7,9-12,17,20-21H,8,13-16H2,1H3,(H,29,38)(H,30,35)(H,31,34)(H,36,37)(H3,27,28,32)/t17-,20+,21+/m1/s1. The molecular formula is C26H33N7O8. The largest absolute Gasteiger partial charge is 0.480 e. The molecule has 0 aliphatic rings. The second-order valence-electron chi connectivity index (χ2n) is 8.86. The van der Waals surface area contributed by atoms with E-state index in [1.54, 1.807) is 60.0 Å². The number of guanidine groups is 1. The van der Waals surface area contributed by atoms with E-state index in [9.17, 15) is 34.4 Å². The molecule has 3 atom stereocenters. The molecule has 0 heterocycles. The fraction of sp³-hybridized carbons (Fsp3) is 0.346. The number of carboxylic acids is 1. The van der Waals surface area contributed by atoms with Crippen LogP contribution in [-0.4, -0.2) is 64.6 Å². The first-order chi connectivity index (χ1) is 19.5. The number of benzene rings is 2. The fourth-order valence-corrected chi connectivity index (χ4v) is 3.52. The number of hydrogen-bond acceptors (Lipinski definition) is 8. The Kier molecular flexibility index (Phi) is 13.0. The summed E-state index contributed by atoms with van der Waals surface area (Å²) < 4.78 is 5.13. The Morgan fingerprint density at radius 2 is 1.54 bits per heavy atom. The first kappa shape index (κ1) is 32.0. The zero-order valence-electron chi connectivity index (χ0n) is 22.3. The van der Waals surface area contributed by atoms with Crippen molar-refractivity contribution < 1.29 is 34.1 Å². The Bertz CT molecular complexity index is 1210. The summed E-state index contributed by atoms with van der Waals surface area (Å²) >= 11 is 0. The molecule has 0 aliphatic carbocycles. The van der Waals surface area contributed by atoms with Crippen molar-refractivity contribution in [3.63, 3.8) is 0 Å². The molecule has 0 saturated carbocycles. The number of nitrogens with one attached hydrogen (secondary N) is 4. The molecule has 15 heteroatoms. The Morgan fingerprint density at radius 1 is 0.951 bits per heavy atom. The number of carbonyl (C=O) groups is 4. The van der Waals surface area contributed by atoms with Gasteiger partial charge in [-0.2, -0.15) is 0 Å². The maximum Gasteiger partial charge on any atom is 0.408 e. The highest BCUT2D eigenvalue weighted by atomic mass is 16.7. The first-order valence-corrected chi connectivity index (χ1v) is 12.6. The quantitative estimate of drug-likeness (QED) is 0.0569. The fourth-order valence-electron chi connectivity index (χ4n) is 3.52. The Labute approximate surface area is 235 Å². The minimum Gasteiger partial charge on any atom is -0.480 e. The lowest BCUT2D eigenvalue weighted by Crippen LogP contribution is -2.55. The van der Waals surface area contributed by atoms with Crippen molar-refractivity contribution >= 4 is 29.8 Å². The Balaban J connectivity index is 2.00. The number of alkyl carbamates (subject to hydrolysis) is 1. The number of rotatable bonds is 15. The molecule has 0 aliphatic heterocycles. The average molecular weight is 572 g/mol. The number of amides is 3. The van der Waals surface area contributed by atoms with Gasteiger partial charge in [-0.3, -0.25) is 9.59 Å². The van der Waals surface area contributed by atoms with Crippen LogP contribution in [0.5, 0.6) is 0 Å². The number of ether oxygens (including phenoxy) is 1. The van der Waals surface area contributed by atoms with Gasteiger partial charge in [0.2, 0.25) is 11.8 Å². The summed E-state index contributed by atoms with van der Waals surface area (Å²) in [4.78, 5) is 64.0. The Morgan fingerprint density at radius 3 is 2.12 bits per heavy atom. The van der Waals surface area contributed by atoms with Crippen molar-refractivity contribution in [2.45, 2.75) is 50.9 Å². The van der Waals surface area contributed by atoms with E-state index >= 15 is 0 Å². The lowest BCUT2D eigenvalue weighted by Gasteiger charge is -2.23.